The minimum atomic E-state index is -1.77. The number of hydrogen-bond donors (Lipinski definition) is 0. The van der Waals surface area contributed by atoms with Crippen molar-refractivity contribution < 1.29 is 52.5 Å². The summed E-state index contributed by atoms with van der Waals surface area (Å²) in [5, 5.41) is 0. The molecule has 0 N–H and O–H groups in total. The first-order chi connectivity index (χ1) is 12.4. The highest BCUT2D eigenvalue weighted by Gasteiger charge is 2.42. The first-order valence-electron chi connectivity index (χ1n) is 7.75. The summed E-state index contributed by atoms with van der Waals surface area (Å²) in [6, 6.07) is 0. The van der Waals surface area contributed by atoms with Crippen molar-refractivity contribution in [1.29, 1.82) is 0 Å². The lowest BCUT2D eigenvalue weighted by Gasteiger charge is -2.30. The fourth-order valence-corrected chi connectivity index (χ4v) is 1.88. The zero-order valence-electron chi connectivity index (χ0n) is 15.6. The minimum Gasteiger partial charge on any atom is -0.462 e. The van der Waals surface area contributed by atoms with Crippen LogP contribution >= 0.6 is 0 Å². The first kappa shape index (κ1) is 24.0. The Morgan fingerprint density at radius 2 is 1.11 bits per heavy atom. The third-order valence-electron chi connectivity index (χ3n) is 2.76. The van der Waals surface area contributed by atoms with Gasteiger partial charge in [-0.05, 0) is 0 Å². The molecule has 0 aromatic rings. The van der Waals surface area contributed by atoms with Crippen molar-refractivity contribution in [3.63, 3.8) is 0 Å². The van der Waals surface area contributed by atoms with Crippen LogP contribution in [0.15, 0.2) is 0 Å². The van der Waals surface area contributed by atoms with Crippen molar-refractivity contribution >= 4 is 35.6 Å². The molecular formula is C16H22O11. The Hall–Kier alpha value is -2.98. The van der Waals surface area contributed by atoms with E-state index in [1.165, 1.54) is 0 Å². The molecule has 11 nitrogen and oxygen atoms in total. The molecule has 27 heavy (non-hydrogen) atoms. The number of carbonyl (C=O) groups excluding carboxylic acids is 6. The summed E-state index contributed by atoms with van der Waals surface area (Å²) in [7, 11) is 0. The molecule has 0 saturated heterocycles. The second-order valence-corrected chi connectivity index (χ2v) is 5.30. The Bertz CT molecular complexity index is 595. The topological polar surface area (TPSA) is 149 Å². The van der Waals surface area contributed by atoms with Gasteiger partial charge in [0.25, 0.3) is 0 Å². The second-order valence-electron chi connectivity index (χ2n) is 5.30. The number of hydrogen-bond acceptors (Lipinski definition) is 11. The van der Waals surface area contributed by atoms with E-state index >= 15 is 0 Å². The van der Waals surface area contributed by atoms with Crippen molar-refractivity contribution in [2.45, 2.75) is 52.9 Å². The summed E-state index contributed by atoms with van der Waals surface area (Å²) < 4.78 is 24.2. The van der Waals surface area contributed by atoms with Crippen LogP contribution in [0.25, 0.3) is 0 Å². The predicted molar refractivity (Wildman–Crippen MR) is 84.9 cm³/mol. The Labute approximate surface area is 155 Å². The van der Waals surface area contributed by atoms with Crippen LogP contribution in [0.1, 0.15) is 34.6 Å². The van der Waals surface area contributed by atoms with Gasteiger partial charge in [0.1, 0.15) is 6.61 Å². The van der Waals surface area contributed by atoms with Crippen LogP contribution < -0.4 is 0 Å². The van der Waals surface area contributed by atoms with Crippen LogP contribution in [0, 0.1) is 0 Å². The second kappa shape index (κ2) is 11.6. The Balaban J connectivity index is 5.80. The van der Waals surface area contributed by atoms with Crippen LogP contribution in [-0.2, 0) is 52.5 Å². The Morgan fingerprint density at radius 1 is 0.630 bits per heavy atom. The summed E-state index contributed by atoms with van der Waals surface area (Å²) in [4.78, 5) is 68.5. The first-order valence-corrected chi connectivity index (χ1v) is 7.75. The van der Waals surface area contributed by atoms with E-state index in [1.807, 2.05) is 0 Å². The van der Waals surface area contributed by atoms with Gasteiger partial charge in [-0.15, -0.1) is 0 Å². The lowest BCUT2D eigenvalue weighted by molar-refractivity contribution is -0.191. The molecule has 0 fully saturated rings. The molecule has 0 rings (SSSR count). The molecule has 0 heterocycles. The van der Waals surface area contributed by atoms with E-state index < -0.39 is 67.2 Å². The molecule has 0 amide bonds. The summed E-state index contributed by atoms with van der Waals surface area (Å²) in [5.41, 5.74) is 0. The average molecular weight is 390 g/mol. The molecule has 0 aromatic carbocycles. The van der Waals surface area contributed by atoms with Gasteiger partial charge < -0.3 is 23.7 Å². The van der Waals surface area contributed by atoms with Gasteiger partial charge in [0.2, 0.25) is 11.9 Å². The summed E-state index contributed by atoms with van der Waals surface area (Å²) in [6.07, 6.45) is -4.87. The van der Waals surface area contributed by atoms with Crippen LogP contribution in [-0.4, -0.2) is 67.2 Å². The van der Waals surface area contributed by atoms with Gasteiger partial charge in [0.15, 0.2) is 18.8 Å². The van der Waals surface area contributed by atoms with Crippen molar-refractivity contribution in [2.24, 2.45) is 0 Å². The molecular weight excluding hydrogens is 368 g/mol. The SMILES string of the molecule is CC(=O)OCC(=O)C(OC(C)=O)C(OC(C)=O)C(COC(C)=O)OC(C)=O. The molecule has 0 bridgehead atoms. The lowest BCUT2D eigenvalue weighted by atomic mass is 10.0. The van der Waals surface area contributed by atoms with Gasteiger partial charge in [0.05, 0.1) is 0 Å². The maximum atomic E-state index is 12.3. The molecule has 3 atom stereocenters. The van der Waals surface area contributed by atoms with Crippen LogP contribution in [0.5, 0.6) is 0 Å². The van der Waals surface area contributed by atoms with Crippen molar-refractivity contribution in [2.75, 3.05) is 13.2 Å². The summed E-state index contributed by atoms with van der Waals surface area (Å²) >= 11 is 0. The predicted octanol–water partition coefficient (Wildman–Crippen LogP) is -0.523. The maximum Gasteiger partial charge on any atom is 0.303 e. The fourth-order valence-electron chi connectivity index (χ4n) is 1.88. The molecule has 0 spiro atoms. The summed E-state index contributed by atoms with van der Waals surface area (Å²) in [5.74, 6) is -5.08. The van der Waals surface area contributed by atoms with E-state index in [-0.39, 0.29) is 0 Å². The Kier molecular flexibility index (Phi) is 10.3. The third kappa shape index (κ3) is 10.6. The van der Waals surface area contributed by atoms with E-state index in [1.54, 1.807) is 0 Å². The number of rotatable bonds is 10. The standard InChI is InChI=1S/C16H22O11/c1-8(17)23-6-13(22)15(26-11(4)20)16(27-12(5)21)14(25-10(3)19)7-24-9(2)18/h14-16H,6-7H2,1-5H3. The lowest BCUT2D eigenvalue weighted by Crippen LogP contribution is -2.51. The summed E-state index contributed by atoms with van der Waals surface area (Å²) in [6.45, 7) is 3.81. The van der Waals surface area contributed by atoms with Crippen LogP contribution in [0.3, 0.4) is 0 Å². The number of ketones is 1. The van der Waals surface area contributed by atoms with Gasteiger partial charge in [-0.25, -0.2) is 0 Å². The zero-order valence-corrected chi connectivity index (χ0v) is 15.6. The largest absolute Gasteiger partial charge is 0.462 e. The highest BCUT2D eigenvalue weighted by Crippen LogP contribution is 2.16. The zero-order chi connectivity index (χ0) is 21.1. The maximum absolute atomic E-state index is 12.3. The third-order valence-corrected chi connectivity index (χ3v) is 2.76. The monoisotopic (exact) mass is 390 g/mol. The van der Waals surface area contributed by atoms with E-state index in [0.717, 1.165) is 34.6 Å². The Morgan fingerprint density at radius 3 is 1.52 bits per heavy atom. The molecule has 0 saturated carbocycles. The quantitative estimate of drug-likeness (QED) is 0.350. The van der Waals surface area contributed by atoms with Gasteiger partial charge >= 0.3 is 29.8 Å². The van der Waals surface area contributed by atoms with Crippen molar-refractivity contribution in [3.8, 4) is 0 Å². The van der Waals surface area contributed by atoms with E-state index in [2.05, 4.69) is 4.74 Å². The van der Waals surface area contributed by atoms with Crippen molar-refractivity contribution in [1.82, 2.24) is 0 Å². The average Bonchev–Trinajstić information content (AvgIpc) is 2.51. The molecule has 0 aromatic heterocycles. The van der Waals surface area contributed by atoms with Crippen LogP contribution in [0.2, 0.25) is 0 Å². The number of esters is 5. The van der Waals surface area contributed by atoms with Gasteiger partial charge in [0, 0.05) is 34.6 Å². The number of carbonyl (C=O) groups is 6. The molecule has 0 aliphatic heterocycles. The molecule has 11 heteroatoms. The molecule has 0 radical (unpaired) electrons. The van der Waals surface area contributed by atoms with Gasteiger partial charge in [-0.3, -0.25) is 28.8 Å². The molecule has 0 aliphatic rings. The number of ether oxygens (including phenoxy) is 5. The van der Waals surface area contributed by atoms with Gasteiger partial charge in [-0.2, -0.15) is 0 Å². The van der Waals surface area contributed by atoms with E-state index in [9.17, 15) is 28.8 Å². The van der Waals surface area contributed by atoms with Crippen LogP contribution in [0.4, 0.5) is 0 Å². The molecule has 0 aliphatic carbocycles. The van der Waals surface area contributed by atoms with E-state index in [0.29, 0.717) is 0 Å². The fraction of sp³-hybridized carbons (Fsp3) is 0.625. The van der Waals surface area contributed by atoms with Crippen molar-refractivity contribution in [3.05, 3.63) is 0 Å². The molecule has 152 valence electrons. The smallest absolute Gasteiger partial charge is 0.303 e. The molecule has 3 unspecified atom stereocenters. The minimum absolute atomic E-state index is 0.578. The van der Waals surface area contributed by atoms with Gasteiger partial charge in [-0.1, -0.05) is 0 Å². The number of Topliss-reactive ketones (excluding diaryl/α,β-unsaturated/α-hetero) is 1. The highest BCUT2D eigenvalue weighted by molar-refractivity contribution is 5.88. The normalized spacial score (nSPS) is 13.4. The highest BCUT2D eigenvalue weighted by atomic mass is 16.6. The van der Waals surface area contributed by atoms with E-state index in [4.69, 9.17) is 18.9 Å².